The Morgan fingerprint density at radius 3 is 3.00 bits per heavy atom. The van der Waals surface area contributed by atoms with Crippen molar-refractivity contribution in [1.29, 1.82) is 5.26 Å². The van der Waals surface area contributed by atoms with Crippen LogP contribution in [0.3, 0.4) is 0 Å². The number of aromatic nitrogens is 2. The highest BCUT2D eigenvalue weighted by Crippen LogP contribution is 2.32. The van der Waals surface area contributed by atoms with Gasteiger partial charge in [-0.3, -0.25) is 4.90 Å². The van der Waals surface area contributed by atoms with Gasteiger partial charge in [0.1, 0.15) is 0 Å². The first-order valence-electron chi connectivity index (χ1n) is 7.70. The quantitative estimate of drug-likeness (QED) is 0.871. The minimum absolute atomic E-state index is 0.286. The molecule has 1 aromatic carbocycles. The van der Waals surface area contributed by atoms with Crippen LogP contribution in [0.1, 0.15) is 48.6 Å². The molecule has 0 bridgehead atoms. The van der Waals surface area contributed by atoms with Crippen molar-refractivity contribution >= 4 is 0 Å². The molecule has 1 aromatic heterocycles. The van der Waals surface area contributed by atoms with E-state index in [0.29, 0.717) is 17.5 Å². The molecule has 1 aliphatic rings. The Hall–Kier alpha value is -2.19. The number of benzene rings is 1. The Balaban J connectivity index is 1.75. The minimum atomic E-state index is 0.286. The fourth-order valence-corrected chi connectivity index (χ4v) is 3.20. The van der Waals surface area contributed by atoms with Crippen molar-refractivity contribution in [1.82, 2.24) is 15.1 Å². The predicted molar refractivity (Wildman–Crippen MR) is 82.0 cm³/mol. The zero-order valence-corrected chi connectivity index (χ0v) is 13.0. The van der Waals surface area contributed by atoms with E-state index in [1.807, 2.05) is 25.1 Å². The second-order valence-corrected chi connectivity index (χ2v) is 5.93. The maximum absolute atomic E-state index is 9.02. The van der Waals surface area contributed by atoms with Gasteiger partial charge in [-0.25, -0.2) is 0 Å². The molecule has 0 spiro atoms. The Kier molecular flexibility index (Phi) is 4.21. The molecular formula is C17H20N4O. The van der Waals surface area contributed by atoms with E-state index in [1.54, 1.807) is 0 Å². The van der Waals surface area contributed by atoms with Crippen molar-refractivity contribution in [2.45, 2.75) is 45.2 Å². The van der Waals surface area contributed by atoms with Crippen LogP contribution in [0.25, 0.3) is 0 Å². The molecule has 5 heteroatoms. The molecule has 0 aliphatic carbocycles. The summed E-state index contributed by atoms with van der Waals surface area (Å²) in [7, 11) is 0. The molecule has 2 heterocycles. The number of hydrogen-bond acceptors (Lipinski definition) is 5. The molecule has 1 aliphatic heterocycles. The van der Waals surface area contributed by atoms with E-state index in [1.165, 1.54) is 5.56 Å². The first-order valence-corrected chi connectivity index (χ1v) is 7.70. The van der Waals surface area contributed by atoms with Gasteiger partial charge in [-0.15, -0.1) is 10.2 Å². The highest BCUT2D eigenvalue weighted by atomic mass is 16.4. The summed E-state index contributed by atoms with van der Waals surface area (Å²) in [4.78, 5) is 2.43. The van der Waals surface area contributed by atoms with Crippen molar-refractivity contribution in [2.24, 2.45) is 0 Å². The summed E-state index contributed by atoms with van der Waals surface area (Å²) in [5, 5.41) is 17.2. The molecule has 0 radical (unpaired) electrons. The smallest absolute Gasteiger partial charge is 0.221 e. The average molecular weight is 296 g/mol. The van der Waals surface area contributed by atoms with Gasteiger partial charge in [0.15, 0.2) is 0 Å². The second kappa shape index (κ2) is 6.29. The van der Waals surface area contributed by atoms with Gasteiger partial charge in [-0.1, -0.05) is 12.1 Å². The van der Waals surface area contributed by atoms with Gasteiger partial charge in [0, 0.05) is 19.5 Å². The maximum Gasteiger partial charge on any atom is 0.221 e. The van der Waals surface area contributed by atoms with Crippen LogP contribution in [0.5, 0.6) is 0 Å². The van der Waals surface area contributed by atoms with Gasteiger partial charge in [0.05, 0.1) is 17.6 Å². The topological polar surface area (TPSA) is 66.0 Å². The second-order valence-electron chi connectivity index (χ2n) is 5.93. The number of rotatable bonds is 3. The fourth-order valence-electron chi connectivity index (χ4n) is 3.20. The van der Waals surface area contributed by atoms with Crippen LogP contribution in [-0.2, 0) is 6.54 Å². The lowest BCUT2D eigenvalue weighted by Crippen LogP contribution is -2.41. The Morgan fingerprint density at radius 2 is 2.27 bits per heavy atom. The van der Waals surface area contributed by atoms with Crippen LogP contribution in [-0.4, -0.2) is 27.7 Å². The van der Waals surface area contributed by atoms with Gasteiger partial charge in [0.25, 0.3) is 0 Å². The molecule has 1 fully saturated rings. The van der Waals surface area contributed by atoms with Gasteiger partial charge < -0.3 is 4.42 Å². The first-order chi connectivity index (χ1) is 10.7. The molecular weight excluding hydrogens is 276 g/mol. The van der Waals surface area contributed by atoms with Crippen LogP contribution in [0, 0.1) is 18.3 Å². The number of aryl methyl sites for hydroxylation is 1. The van der Waals surface area contributed by atoms with E-state index < -0.39 is 0 Å². The van der Waals surface area contributed by atoms with Crippen molar-refractivity contribution < 1.29 is 4.42 Å². The Bertz CT molecular complexity index is 688. The van der Waals surface area contributed by atoms with Gasteiger partial charge >= 0.3 is 0 Å². The van der Waals surface area contributed by atoms with E-state index >= 15 is 0 Å². The zero-order chi connectivity index (χ0) is 15.5. The number of nitriles is 1. The molecule has 0 unspecified atom stereocenters. The van der Waals surface area contributed by atoms with Crippen molar-refractivity contribution in [2.75, 3.05) is 6.54 Å². The zero-order valence-electron chi connectivity index (χ0n) is 13.0. The van der Waals surface area contributed by atoms with E-state index in [4.69, 9.17) is 9.68 Å². The first kappa shape index (κ1) is 14.7. The minimum Gasteiger partial charge on any atom is -0.425 e. The molecule has 2 aromatic rings. The Labute approximate surface area is 130 Å². The average Bonchev–Trinajstić information content (AvgIpc) is 2.96. The van der Waals surface area contributed by atoms with E-state index in [0.717, 1.165) is 31.8 Å². The largest absolute Gasteiger partial charge is 0.425 e. The lowest BCUT2D eigenvalue weighted by molar-refractivity contribution is 0.119. The third-order valence-electron chi connectivity index (χ3n) is 4.42. The fraction of sp³-hybridized carbons (Fsp3) is 0.471. The third-order valence-corrected chi connectivity index (χ3v) is 4.42. The van der Waals surface area contributed by atoms with Crippen LogP contribution in [0.15, 0.2) is 28.7 Å². The van der Waals surface area contributed by atoms with Crippen molar-refractivity contribution in [3.63, 3.8) is 0 Å². The van der Waals surface area contributed by atoms with Gasteiger partial charge in [-0.05, 0) is 44.0 Å². The van der Waals surface area contributed by atoms with E-state index in [2.05, 4.69) is 34.2 Å². The highest BCUT2D eigenvalue weighted by molar-refractivity contribution is 5.32. The van der Waals surface area contributed by atoms with Crippen LogP contribution in [0.2, 0.25) is 0 Å². The third kappa shape index (κ3) is 3.02. The highest BCUT2D eigenvalue weighted by Gasteiger charge is 2.32. The normalized spacial score (nSPS) is 22.4. The lowest BCUT2D eigenvalue weighted by Gasteiger charge is -2.37. The SMILES string of the molecule is Cc1nnc([C@H]2CCCN(Cc3cccc(C#N)c3)[C@H]2C)o1. The number of nitrogens with zero attached hydrogens (tertiary/aromatic N) is 4. The summed E-state index contributed by atoms with van der Waals surface area (Å²) in [6, 6.07) is 10.4. The molecule has 1 saturated heterocycles. The van der Waals surface area contributed by atoms with Crippen LogP contribution < -0.4 is 0 Å². The van der Waals surface area contributed by atoms with Crippen LogP contribution in [0.4, 0.5) is 0 Å². The molecule has 0 N–H and O–H groups in total. The molecule has 2 atom stereocenters. The van der Waals surface area contributed by atoms with Gasteiger partial charge in [-0.2, -0.15) is 5.26 Å². The molecule has 0 amide bonds. The summed E-state index contributed by atoms with van der Waals surface area (Å²) < 4.78 is 5.64. The molecule has 3 rings (SSSR count). The Morgan fingerprint density at radius 1 is 1.41 bits per heavy atom. The van der Waals surface area contributed by atoms with Crippen molar-refractivity contribution in [3.8, 4) is 6.07 Å². The van der Waals surface area contributed by atoms with Gasteiger partial charge in [0.2, 0.25) is 11.8 Å². The molecule has 0 saturated carbocycles. The summed E-state index contributed by atoms with van der Waals surface area (Å²) in [6.07, 6.45) is 2.20. The van der Waals surface area contributed by atoms with Crippen LogP contribution >= 0.6 is 0 Å². The van der Waals surface area contributed by atoms with Crippen molar-refractivity contribution in [3.05, 3.63) is 47.2 Å². The van der Waals surface area contributed by atoms with E-state index in [-0.39, 0.29) is 5.92 Å². The lowest BCUT2D eigenvalue weighted by atomic mass is 9.89. The molecule has 22 heavy (non-hydrogen) atoms. The summed E-state index contributed by atoms with van der Waals surface area (Å²) in [5.41, 5.74) is 1.89. The predicted octanol–water partition coefficient (Wildman–Crippen LogP) is 3.02. The standard InChI is InChI=1S/C17H20N4O/c1-12-16(17-20-19-13(2)22-17)7-4-8-21(12)11-15-6-3-5-14(9-15)10-18/h3,5-6,9,12,16H,4,7-8,11H2,1-2H3/t12-,16-/m0/s1. The molecule has 5 nitrogen and oxygen atoms in total. The monoisotopic (exact) mass is 296 g/mol. The maximum atomic E-state index is 9.02. The molecule has 114 valence electrons. The summed E-state index contributed by atoms with van der Waals surface area (Å²) in [6.45, 7) is 5.95. The summed E-state index contributed by atoms with van der Waals surface area (Å²) >= 11 is 0. The van der Waals surface area contributed by atoms with E-state index in [9.17, 15) is 0 Å². The number of likely N-dealkylation sites (tertiary alicyclic amines) is 1. The number of hydrogen-bond donors (Lipinski definition) is 0. The number of piperidine rings is 1. The summed E-state index contributed by atoms with van der Waals surface area (Å²) in [5.74, 6) is 1.66.